The van der Waals surface area contributed by atoms with Crippen LogP contribution in [-0.4, -0.2) is 38.4 Å². The first kappa shape index (κ1) is 20.4. The Morgan fingerprint density at radius 2 is 1.91 bits per heavy atom. The first-order valence-electron chi connectivity index (χ1n) is 8.88. The normalized spacial score (nSPS) is 20.4. The lowest BCUT2D eigenvalue weighted by molar-refractivity contribution is -0.138. The molecule has 1 aliphatic heterocycles. The third-order valence-electron chi connectivity index (χ3n) is 4.03. The number of rotatable bonds is 9. The van der Waals surface area contributed by atoms with E-state index in [4.69, 9.17) is 4.74 Å². The molecule has 0 bridgehead atoms. The van der Waals surface area contributed by atoms with Crippen LogP contribution >= 0.6 is 0 Å². The van der Waals surface area contributed by atoms with Crippen LogP contribution < -0.4 is 0 Å². The number of ether oxygens (including phenoxy) is 1. The highest BCUT2D eigenvalue weighted by Crippen LogP contribution is 2.30. The van der Waals surface area contributed by atoms with Gasteiger partial charge in [0, 0.05) is 6.54 Å². The molecule has 1 rings (SSSR count). The minimum atomic E-state index is -1.12. The predicted octanol–water partition coefficient (Wildman–Crippen LogP) is 3.98. The Kier molecular flexibility index (Phi) is 8.48. The van der Waals surface area contributed by atoms with E-state index in [1.165, 1.54) is 19.3 Å². The Bertz CT molecular complexity index is 440. The average Bonchev–Trinajstić information content (AvgIpc) is 2.89. The molecule has 0 aromatic carbocycles. The molecule has 0 aromatic rings. The lowest BCUT2D eigenvalue weighted by atomic mass is 10.0. The molecule has 0 N–H and O–H groups in total. The van der Waals surface area contributed by atoms with Crippen LogP contribution in [-0.2, 0) is 20.5 Å². The fraction of sp³-hybridized carbons (Fsp3) is 0.833. The molecule has 0 amide bonds. The summed E-state index contributed by atoms with van der Waals surface area (Å²) in [4.78, 5) is 12.2. The van der Waals surface area contributed by atoms with E-state index in [9.17, 15) is 9.00 Å². The molecule has 0 fully saturated rings. The highest BCUT2D eigenvalue weighted by molar-refractivity contribution is 7.84. The third-order valence-corrected chi connectivity index (χ3v) is 5.90. The van der Waals surface area contributed by atoms with Gasteiger partial charge in [-0.15, -0.1) is 0 Å². The van der Waals surface area contributed by atoms with Crippen molar-refractivity contribution >= 4 is 17.0 Å². The van der Waals surface area contributed by atoms with Crippen LogP contribution in [0, 0.1) is 0 Å². The average molecular weight is 344 g/mol. The molecule has 5 heteroatoms. The predicted molar refractivity (Wildman–Crippen MR) is 96.5 cm³/mol. The summed E-state index contributed by atoms with van der Waals surface area (Å²) in [6.07, 6.45) is 8.69. The second-order valence-corrected chi connectivity index (χ2v) is 9.25. The van der Waals surface area contributed by atoms with Crippen LogP contribution in [0.2, 0.25) is 0 Å². The zero-order chi connectivity index (χ0) is 17.5. The van der Waals surface area contributed by atoms with Gasteiger partial charge < -0.3 is 4.74 Å². The molecule has 1 heterocycles. The molecule has 0 unspecified atom stereocenters. The standard InChI is InChI=1S/C18H33NO3S/c1-6-8-9-10-11-12-16-15(17(20)22-7-2)13-14-19(16)23(21)18(3,4)5/h13,16H,6-12,14H2,1-5H3/t16-,23+/m0/s1. The summed E-state index contributed by atoms with van der Waals surface area (Å²) in [5.74, 6) is -0.250. The molecule has 4 nitrogen and oxygen atoms in total. The van der Waals surface area contributed by atoms with Crippen molar-refractivity contribution in [3.63, 3.8) is 0 Å². The highest BCUT2D eigenvalue weighted by Gasteiger charge is 2.38. The zero-order valence-corrected chi connectivity index (χ0v) is 16.2. The monoisotopic (exact) mass is 343 g/mol. The largest absolute Gasteiger partial charge is 0.463 e. The van der Waals surface area contributed by atoms with Gasteiger partial charge in [-0.05, 0) is 34.1 Å². The Balaban J connectivity index is 2.75. The third kappa shape index (κ3) is 6.03. The van der Waals surface area contributed by atoms with E-state index in [1.54, 1.807) is 0 Å². The number of nitrogens with zero attached hydrogens (tertiary/aromatic N) is 1. The van der Waals surface area contributed by atoms with E-state index >= 15 is 0 Å². The van der Waals surface area contributed by atoms with Crippen molar-refractivity contribution in [2.75, 3.05) is 13.2 Å². The number of unbranched alkanes of at least 4 members (excludes halogenated alkanes) is 4. The van der Waals surface area contributed by atoms with Crippen LogP contribution in [0.15, 0.2) is 11.6 Å². The maximum Gasteiger partial charge on any atom is 0.335 e. The molecule has 2 atom stereocenters. The number of carbonyl (C=O) groups is 1. The Hall–Kier alpha value is -0.680. The van der Waals surface area contributed by atoms with Gasteiger partial charge >= 0.3 is 5.97 Å². The quantitative estimate of drug-likeness (QED) is 0.470. The molecule has 1 aliphatic rings. The van der Waals surface area contributed by atoms with Gasteiger partial charge in [0.1, 0.15) is 11.0 Å². The van der Waals surface area contributed by atoms with Crippen molar-refractivity contribution in [2.45, 2.75) is 83.9 Å². The van der Waals surface area contributed by atoms with E-state index in [1.807, 2.05) is 38.1 Å². The lowest BCUT2D eigenvalue weighted by Gasteiger charge is -2.31. The van der Waals surface area contributed by atoms with Crippen LogP contribution in [0.4, 0.5) is 0 Å². The number of hydrogen-bond acceptors (Lipinski definition) is 3. The molecule has 0 aromatic heterocycles. The van der Waals surface area contributed by atoms with Gasteiger partial charge in [-0.25, -0.2) is 13.3 Å². The van der Waals surface area contributed by atoms with Crippen LogP contribution in [0.5, 0.6) is 0 Å². The molecule has 0 spiro atoms. The van der Waals surface area contributed by atoms with Gasteiger partial charge in [0.05, 0.1) is 23.0 Å². The highest BCUT2D eigenvalue weighted by atomic mass is 32.2. The maximum atomic E-state index is 12.8. The molecule has 0 radical (unpaired) electrons. The fourth-order valence-corrected chi connectivity index (χ4v) is 4.18. The van der Waals surface area contributed by atoms with Gasteiger partial charge in [-0.1, -0.05) is 45.1 Å². The topological polar surface area (TPSA) is 46.6 Å². The Morgan fingerprint density at radius 3 is 2.48 bits per heavy atom. The summed E-state index contributed by atoms with van der Waals surface area (Å²) in [6.45, 7) is 10.9. The molecule has 0 saturated carbocycles. The smallest absolute Gasteiger partial charge is 0.335 e. The van der Waals surface area contributed by atoms with Crippen molar-refractivity contribution in [1.82, 2.24) is 4.31 Å². The van der Waals surface area contributed by atoms with Crippen molar-refractivity contribution in [3.05, 3.63) is 11.6 Å². The van der Waals surface area contributed by atoms with Gasteiger partial charge in [-0.2, -0.15) is 0 Å². The molecule has 0 saturated heterocycles. The zero-order valence-electron chi connectivity index (χ0n) is 15.4. The Labute approximate surface area is 144 Å². The van der Waals surface area contributed by atoms with Gasteiger partial charge in [0.25, 0.3) is 0 Å². The molecule has 0 aliphatic carbocycles. The summed E-state index contributed by atoms with van der Waals surface area (Å²) >= 11 is 0. The van der Waals surface area contributed by atoms with Crippen molar-refractivity contribution in [1.29, 1.82) is 0 Å². The van der Waals surface area contributed by atoms with Crippen molar-refractivity contribution in [3.8, 4) is 0 Å². The van der Waals surface area contributed by atoms with Crippen LogP contribution in [0.25, 0.3) is 0 Å². The summed E-state index contributed by atoms with van der Waals surface area (Å²) in [5.41, 5.74) is 0.694. The second-order valence-electron chi connectivity index (χ2n) is 7.06. The molecular formula is C18H33NO3S. The lowest BCUT2D eigenvalue weighted by Crippen LogP contribution is -2.42. The molecule has 134 valence electrons. The van der Waals surface area contributed by atoms with Gasteiger partial charge in [0.15, 0.2) is 0 Å². The van der Waals surface area contributed by atoms with Gasteiger partial charge in [-0.3, -0.25) is 0 Å². The SMILES string of the molecule is CCCCCCC[C@H]1C(C(=O)OCC)=CCN1[S@](=O)C(C)(C)C. The summed E-state index contributed by atoms with van der Waals surface area (Å²) in [6, 6.07) is -0.0734. The summed E-state index contributed by atoms with van der Waals surface area (Å²) < 4.78 is 19.6. The number of hydrogen-bond donors (Lipinski definition) is 0. The second kappa shape index (κ2) is 9.58. The molecular weight excluding hydrogens is 310 g/mol. The van der Waals surface area contributed by atoms with E-state index in [2.05, 4.69) is 6.92 Å². The van der Waals surface area contributed by atoms with E-state index in [0.29, 0.717) is 18.7 Å². The first-order valence-corrected chi connectivity index (χ1v) is 9.99. The van der Waals surface area contributed by atoms with E-state index in [0.717, 1.165) is 19.3 Å². The van der Waals surface area contributed by atoms with Crippen molar-refractivity contribution in [2.24, 2.45) is 0 Å². The number of esters is 1. The Morgan fingerprint density at radius 1 is 1.26 bits per heavy atom. The van der Waals surface area contributed by atoms with Crippen LogP contribution in [0.3, 0.4) is 0 Å². The first-order chi connectivity index (χ1) is 10.8. The number of carbonyl (C=O) groups excluding carboxylic acids is 1. The molecule has 23 heavy (non-hydrogen) atoms. The van der Waals surface area contributed by atoms with Crippen LogP contribution in [0.1, 0.15) is 73.1 Å². The van der Waals surface area contributed by atoms with E-state index in [-0.39, 0.29) is 16.8 Å². The summed E-state index contributed by atoms with van der Waals surface area (Å²) in [7, 11) is -1.12. The minimum absolute atomic E-state index is 0.0734. The minimum Gasteiger partial charge on any atom is -0.463 e. The summed E-state index contributed by atoms with van der Waals surface area (Å²) in [5, 5.41) is 0. The van der Waals surface area contributed by atoms with E-state index < -0.39 is 11.0 Å². The fourth-order valence-electron chi connectivity index (χ4n) is 2.82. The van der Waals surface area contributed by atoms with Gasteiger partial charge in [0.2, 0.25) is 0 Å². The maximum absolute atomic E-state index is 12.8. The van der Waals surface area contributed by atoms with Crippen molar-refractivity contribution < 1.29 is 13.7 Å².